The molecule has 0 aromatic heterocycles. The minimum Gasteiger partial charge on any atom is -0.342 e. The topological polar surface area (TPSA) is 86.8 Å². The number of piperidine rings is 2. The smallest absolute Gasteiger partial charge is 0.255 e. The quantitative estimate of drug-likeness (QED) is 0.650. The molecular weight excluding hydrogens is 462 g/mol. The minimum atomic E-state index is -3.68. The van der Waals surface area contributed by atoms with Crippen LogP contribution in [0, 0.1) is 11.8 Å². The van der Waals surface area contributed by atoms with Crippen LogP contribution in [0.2, 0.25) is 0 Å². The molecule has 2 amide bonds. The zero-order chi connectivity index (χ0) is 24.8. The van der Waals surface area contributed by atoms with Crippen molar-refractivity contribution in [3.63, 3.8) is 0 Å². The number of carbonyl (C=O) groups excluding carboxylic acids is 2. The van der Waals surface area contributed by atoms with Gasteiger partial charge >= 0.3 is 0 Å². The summed E-state index contributed by atoms with van der Waals surface area (Å²) in [6, 6.07) is 15.6. The molecule has 2 aromatic carbocycles. The number of anilines is 1. The first-order chi connectivity index (χ1) is 16.8. The summed E-state index contributed by atoms with van der Waals surface area (Å²) in [5, 5.41) is 1.12. The van der Waals surface area contributed by atoms with Gasteiger partial charge < -0.3 is 9.80 Å². The number of sulfonamides is 1. The van der Waals surface area contributed by atoms with Crippen molar-refractivity contribution in [2.75, 3.05) is 30.9 Å². The average molecular weight is 496 g/mol. The van der Waals surface area contributed by atoms with Crippen LogP contribution < -0.4 is 4.72 Å². The van der Waals surface area contributed by atoms with Crippen molar-refractivity contribution in [2.24, 2.45) is 11.8 Å². The van der Waals surface area contributed by atoms with Crippen LogP contribution >= 0.6 is 0 Å². The molecule has 35 heavy (non-hydrogen) atoms. The maximum absolute atomic E-state index is 13.0. The molecule has 4 rings (SSSR count). The Hall–Kier alpha value is -3.13. The monoisotopic (exact) mass is 495 g/mol. The predicted octanol–water partition coefficient (Wildman–Crippen LogP) is 4.21. The Morgan fingerprint density at radius 3 is 2.09 bits per heavy atom. The second-order valence-electron chi connectivity index (χ2n) is 9.51. The number of rotatable bonds is 6. The van der Waals surface area contributed by atoms with Crippen molar-refractivity contribution in [3.05, 3.63) is 71.1 Å². The van der Waals surface area contributed by atoms with E-state index in [1.807, 2.05) is 35.2 Å². The first kappa shape index (κ1) is 25.0. The zero-order valence-electron chi connectivity index (χ0n) is 20.1. The van der Waals surface area contributed by atoms with Gasteiger partial charge in [-0.25, -0.2) is 8.42 Å². The first-order valence-corrected chi connectivity index (χ1v) is 13.8. The predicted molar refractivity (Wildman–Crippen MR) is 138 cm³/mol. The van der Waals surface area contributed by atoms with Gasteiger partial charge in [-0.2, -0.15) is 0 Å². The lowest BCUT2D eigenvalue weighted by Crippen LogP contribution is -2.46. The van der Waals surface area contributed by atoms with E-state index < -0.39 is 10.0 Å². The van der Waals surface area contributed by atoms with Gasteiger partial charge in [0.1, 0.15) is 0 Å². The highest BCUT2D eigenvalue weighted by Crippen LogP contribution is 2.25. The summed E-state index contributed by atoms with van der Waals surface area (Å²) in [5.41, 5.74) is 1.68. The number of nitrogens with zero attached hydrogens (tertiary/aromatic N) is 2. The molecule has 0 atom stereocenters. The van der Waals surface area contributed by atoms with E-state index in [2.05, 4.69) is 11.6 Å². The van der Waals surface area contributed by atoms with Gasteiger partial charge in [0.2, 0.25) is 5.91 Å². The van der Waals surface area contributed by atoms with Crippen LogP contribution in [0.15, 0.2) is 60.0 Å². The molecule has 0 saturated carbocycles. The fraction of sp³-hybridized carbons (Fsp3) is 0.407. The van der Waals surface area contributed by atoms with Crippen LogP contribution in [0.4, 0.5) is 5.69 Å². The van der Waals surface area contributed by atoms with E-state index in [4.69, 9.17) is 0 Å². The molecule has 0 bridgehead atoms. The average Bonchev–Trinajstić information content (AvgIpc) is 2.88. The van der Waals surface area contributed by atoms with E-state index in [1.165, 1.54) is 6.08 Å². The van der Waals surface area contributed by atoms with E-state index in [0.29, 0.717) is 43.1 Å². The summed E-state index contributed by atoms with van der Waals surface area (Å²) < 4.78 is 27.2. The third-order valence-electron chi connectivity index (χ3n) is 6.86. The van der Waals surface area contributed by atoms with Gasteiger partial charge in [-0.15, -0.1) is 0 Å². The van der Waals surface area contributed by atoms with E-state index in [-0.39, 0.29) is 17.7 Å². The van der Waals surface area contributed by atoms with Crippen LogP contribution in [-0.2, 0) is 14.8 Å². The van der Waals surface area contributed by atoms with Crippen LogP contribution in [0.3, 0.4) is 0 Å². The Morgan fingerprint density at radius 2 is 1.46 bits per heavy atom. The summed E-state index contributed by atoms with van der Waals surface area (Å²) in [5.74, 6) is 0.821. The Balaban J connectivity index is 1.29. The lowest BCUT2D eigenvalue weighted by molar-refractivity contribution is -0.138. The summed E-state index contributed by atoms with van der Waals surface area (Å²) in [7, 11) is -3.68. The van der Waals surface area contributed by atoms with E-state index >= 15 is 0 Å². The zero-order valence-corrected chi connectivity index (χ0v) is 20.9. The summed E-state index contributed by atoms with van der Waals surface area (Å²) in [6.45, 7) is 5.03. The maximum Gasteiger partial charge on any atom is 0.255 e. The van der Waals surface area contributed by atoms with Crippen molar-refractivity contribution in [1.29, 1.82) is 0 Å². The van der Waals surface area contributed by atoms with Crippen LogP contribution in [0.5, 0.6) is 0 Å². The lowest BCUT2D eigenvalue weighted by Gasteiger charge is -2.36. The maximum atomic E-state index is 13.0. The lowest BCUT2D eigenvalue weighted by atomic mass is 9.92. The highest BCUT2D eigenvalue weighted by Gasteiger charge is 2.31. The number of amides is 2. The van der Waals surface area contributed by atoms with Crippen LogP contribution in [0.1, 0.15) is 48.5 Å². The molecule has 7 nitrogen and oxygen atoms in total. The van der Waals surface area contributed by atoms with Gasteiger partial charge in [0.15, 0.2) is 0 Å². The minimum absolute atomic E-state index is 0.00632. The van der Waals surface area contributed by atoms with Crippen LogP contribution in [0.25, 0.3) is 6.08 Å². The fourth-order valence-corrected chi connectivity index (χ4v) is 5.48. The van der Waals surface area contributed by atoms with Gasteiger partial charge in [-0.1, -0.05) is 37.3 Å². The van der Waals surface area contributed by atoms with Gasteiger partial charge in [-0.05, 0) is 67.5 Å². The number of hydrogen-bond acceptors (Lipinski definition) is 4. The highest BCUT2D eigenvalue weighted by atomic mass is 32.2. The Kier molecular flexibility index (Phi) is 7.90. The van der Waals surface area contributed by atoms with Gasteiger partial charge in [0.25, 0.3) is 15.9 Å². The van der Waals surface area contributed by atoms with Crippen molar-refractivity contribution in [2.45, 2.75) is 32.6 Å². The van der Waals surface area contributed by atoms with Gasteiger partial charge in [0.05, 0.1) is 5.41 Å². The molecule has 2 aliphatic heterocycles. The van der Waals surface area contributed by atoms with E-state index in [0.717, 1.165) is 36.9 Å². The van der Waals surface area contributed by atoms with E-state index in [1.54, 1.807) is 29.2 Å². The van der Waals surface area contributed by atoms with Crippen molar-refractivity contribution in [3.8, 4) is 0 Å². The molecule has 2 fully saturated rings. The molecule has 2 saturated heterocycles. The van der Waals surface area contributed by atoms with E-state index in [9.17, 15) is 18.0 Å². The number of benzene rings is 2. The standard InChI is InChI=1S/C27H33N3O4S/c1-21-11-16-29(17-12-21)27(32)24-13-18-30(19-14-24)26(31)23-7-9-25(10-8-23)28-35(33,34)20-15-22-5-3-2-4-6-22/h2-10,15,20-21,24,28H,11-14,16-19H2,1H3. The molecule has 0 aliphatic carbocycles. The second-order valence-corrected chi connectivity index (χ2v) is 11.1. The first-order valence-electron chi connectivity index (χ1n) is 12.2. The van der Waals surface area contributed by atoms with Crippen molar-refractivity contribution < 1.29 is 18.0 Å². The largest absolute Gasteiger partial charge is 0.342 e. The van der Waals surface area contributed by atoms with Gasteiger partial charge in [-0.3, -0.25) is 14.3 Å². The number of hydrogen-bond donors (Lipinski definition) is 1. The summed E-state index contributed by atoms with van der Waals surface area (Å²) in [4.78, 5) is 29.6. The number of nitrogens with one attached hydrogen (secondary N) is 1. The Labute approximate surface area is 207 Å². The molecule has 2 aromatic rings. The Morgan fingerprint density at radius 1 is 0.857 bits per heavy atom. The molecule has 2 heterocycles. The molecule has 8 heteroatoms. The molecule has 0 radical (unpaired) electrons. The third kappa shape index (κ3) is 6.72. The molecular formula is C27H33N3O4S. The molecule has 0 unspecified atom stereocenters. The second kappa shape index (κ2) is 11.1. The Bertz CT molecular complexity index is 1150. The fourth-order valence-electron chi connectivity index (χ4n) is 4.61. The molecule has 1 N–H and O–H groups in total. The number of likely N-dealkylation sites (tertiary alicyclic amines) is 2. The van der Waals surface area contributed by atoms with Gasteiger partial charge in [0, 0.05) is 43.3 Å². The summed E-state index contributed by atoms with van der Waals surface area (Å²) in [6.07, 6.45) is 5.03. The van der Waals surface area contributed by atoms with Crippen molar-refractivity contribution >= 4 is 33.6 Å². The molecule has 0 spiro atoms. The molecule has 2 aliphatic rings. The third-order valence-corrected chi connectivity index (χ3v) is 7.87. The molecule has 186 valence electrons. The van der Waals surface area contributed by atoms with Crippen molar-refractivity contribution in [1.82, 2.24) is 9.80 Å². The summed E-state index contributed by atoms with van der Waals surface area (Å²) >= 11 is 0. The SMILES string of the molecule is CC1CCN(C(=O)C2CCN(C(=O)c3ccc(NS(=O)(=O)C=Cc4ccccc4)cc3)CC2)CC1. The number of carbonyl (C=O) groups is 2. The highest BCUT2D eigenvalue weighted by molar-refractivity contribution is 7.95. The van der Waals surface area contributed by atoms with Crippen LogP contribution in [-0.4, -0.2) is 56.2 Å². The normalized spacial score (nSPS) is 18.1.